The van der Waals surface area contributed by atoms with E-state index in [2.05, 4.69) is 16.0 Å². The molecule has 4 N–H and O–H groups in total. The highest BCUT2D eigenvalue weighted by atomic mass is 19.4. The molecule has 0 aliphatic carbocycles. The number of amides is 5. The minimum Gasteiger partial charge on any atom is -0.488 e. The molecule has 4 rings (SSSR count). The van der Waals surface area contributed by atoms with Gasteiger partial charge >= 0.3 is 24.4 Å². The van der Waals surface area contributed by atoms with Crippen LogP contribution < -0.4 is 20.7 Å². The van der Waals surface area contributed by atoms with Crippen LogP contribution in [0.4, 0.5) is 53.0 Å². The number of halogens is 6. The van der Waals surface area contributed by atoms with Crippen molar-refractivity contribution in [3.8, 4) is 5.75 Å². The topological polar surface area (TPSA) is 123 Å². The molecule has 3 atom stereocenters. The second kappa shape index (κ2) is 15.1. The van der Waals surface area contributed by atoms with Crippen molar-refractivity contribution < 1.29 is 50.6 Å². The maximum atomic E-state index is 13.5. The minimum atomic E-state index is -4.53. The van der Waals surface area contributed by atoms with Crippen LogP contribution in [-0.4, -0.2) is 71.8 Å². The molecular weight excluding hydrogens is 660 g/mol. The Kier molecular flexibility index (Phi) is 11.3. The fraction of sp³-hybridized carbons (Fsp3) is 0.364. The van der Waals surface area contributed by atoms with Crippen molar-refractivity contribution in [2.24, 2.45) is 5.92 Å². The van der Waals surface area contributed by atoms with Gasteiger partial charge in [-0.2, -0.15) is 26.3 Å². The van der Waals surface area contributed by atoms with Gasteiger partial charge in [0.1, 0.15) is 11.9 Å². The fourth-order valence-corrected chi connectivity index (χ4v) is 5.08. The molecule has 49 heavy (non-hydrogen) atoms. The van der Waals surface area contributed by atoms with Crippen LogP contribution in [-0.2, 0) is 23.6 Å². The van der Waals surface area contributed by atoms with E-state index >= 15 is 0 Å². The van der Waals surface area contributed by atoms with Gasteiger partial charge in [0.25, 0.3) is 0 Å². The number of urea groups is 2. The molecule has 0 saturated heterocycles. The lowest BCUT2D eigenvalue weighted by molar-refractivity contribution is -0.138. The summed E-state index contributed by atoms with van der Waals surface area (Å²) in [6, 6.07) is 10.5. The number of likely N-dealkylation sites (N-methyl/N-ethyl adjacent to an activating group) is 1. The number of aliphatic hydroxyl groups is 1. The van der Waals surface area contributed by atoms with Gasteiger partial charge in [0, 0.05) is 42.1 Å². The number of benzene rings is 3. The third kappa shape index (κ3) is 9.78. The molecule has 16 heteroatoms. The quantitative estimate of drug-likeness (QED) is 0.206. The van der Waals surface area contributed by atoms with Crippen LogP contribution in [0.1, 0.15) is 30.5 Å². The van der Waals surface area contributed by atoms with E-state index < -0.39 is 47.7 Å². The Bertz CT molecular complexity index is 1630. The van der Waals surface area contributed by atoms with E-state index in [9.17, 15) is 45.8 Å². The van der Waals surface area contributed by atoms with Crippen molar-refractivity contribution in [2.75, 3.05) is 42.7 Å². The average molecular weight is 696 g/mol. The van der Waals surface area contributed by atoms with E-state index in [4.69, 9.17) is 4.74 Å². The third-order valence-corrected chi connectivity index (χ3v) is 7.91. The predicted molar refractivity (Wildman–Crippen MR) is 169 cm³/mol. The second-order valence-corrected chi connectivity index (χ2v) is 11.8. The largest absolute Gasteiger partial charge is 0.488 e. The Labute approximate surface area is 278 Å². The van der Waals surface area contributed by atoms with Gasteiger partial charge in [-0.15, -0.1) is 0 Å². The average Bonchev–Trinajstić information content (AvgIpc) is 3.07. The van der Waals surface area contributed by atoms with Crippen molar-refractivity contribution in [1.29, 1.82) is 0 Å². The molecular formula is C33H35F6N5O5. The second-order valence-electron chi connectivity index (χ2n) is 11.8. The van der Waals surface area contributed by atoms with Gasteiger partial charge in [-0.25, -0.2) is 9.59 Å². The molecule has 1 aliphatic heterocycles. The molecule has 10 nitrogen and oxygen atoms in total. The van der Waals surface area contributed by atoms with Crippen LogP contribution in [0.25, 0.3) is 0 Å². The Balaban J connectivity index is 1.52. The highest BCUT2D eigenvalue weighted by Gasteiger charge is 2.33. The predicted octanol–water partition coefficient (Wildman–Crippen LogP) is 6.68. The van der Waals surface area contributed by atoms with Crippen LogP contribution in [0.2, 0.25) is 0 Å². The number of ether oxygens (including phenoxy) is 1. The smallest absolute Gasteiger partial charge is 0.416 e. The summed E-state index contributed by atoms with van der Waals surface area (Å²) in [4.78, 5) is 41.9. The number of carbonyl (C=O) groups excluding carboxylic acids is 3. The van der Waals surface area contributed by atoms with E-state index in [0.717, 1.165) is 48.5 Å². The highest BCUT2D eigenvalue weighted by Crippen LogP contribution is 2.32. The molecule has 264 valence electrons. The van der Waals surface area contributed by atoms with Gasteiger partial charge in [0.05, 0.1) is 36.7 Å². The summed E-state index contributed by atoms with van der Waals surface area (Å²) in [7, 11) is 1.48. The highest BCUT2D eigenvalue weighted by molar-refractivity contribution is 6.00. The van der Waals surface area contributed by atoms with Gasteiger partial charge < -0.3 is 35.6 Å². The van der Waals surface area contributed by atoms with Crippen LogP contribution >= 0.6 is 0 Å². The van der Waals surface area contributed by atoms with Crippen molar-refractivity contribution in [3.63, 3.8) is 0 Å². The molecule has 3 aromatic rings. The molecule has 0 spiro atoms. The van der Waals surface area contributed by atoms with Gasteiger partial charge in [0.15, 0.2) is 0 Å². The summed E-state index contributed by atoms with van der Waals surface area (Å²) >= 11 is 0. The van der Waals surface area contributed by atoms with Crippen molar-refractivity contribution in [1.82, 2.24) is 9.80 Å². The van der Waals surface area contributed by atoms with Crippen LogP contribution in [0.15, 0.2) is 66.7 Å². The van der Waals surface area contributed by atoms with Crippen LogP contribution in [0.3, 0.4) is 0 Å². The zero-order valence-electron chi connectivity index (χ0n) is 26.7. The molecule has 3 aromatic carbocycles. The zero-order chi connectivity index (χ0) is 36.1. The molecule has 0 saturated carbocycles. The maximum Gasteiger partial charge on any atom is 0.416 e. The van der Waals surface area contributed by atoms with Gasteiger partial charge in [-0.3, -0.25) is 4.79 Å². The van der Waals surface area contributed by atoms with Gasteiger partial charge in [0.2, 0.25) is 5.91 Å². The number of nitrogens with zero attached hydrogens (tertiary/aromatic N) is 2. The number of aliphatic hydroxyl groups excluding tert-OH is 1. The van der Waals surface area contributed by atoms with E-state index in [1.807, 2.05) is 6.92 Å². The fourth-order valence-electron chi connectivity index (χ4n) is 5.08. The number of rotatable bonds is 7. The lowest BCUT2D eigenvalue weighted by Gasteiger charge is -2.34. The number of hydrogen-bond acceptors (Lipinski definition) is 5. The van der Waals surface area contributed by atoms with Crippen LogP contribution in [0, 0.1) is 5.92 Å². The Morgan fingerprint density at radius 2 is 1.41 bits per heavy atom. The summed E-state index contributed by atoms with van der Waals surface area (Å²) in [6.07, 6.45) is -9.93. The molecule has 0 bridgehead atoms. The lowest BCUT2D eigenvalue weighted by Crippen LogP contribution is -2.48. The van der Waals surface area contributed by atoms with Crippen LogP contribution in [0.5, 0.6) is 5.75 Å². The minimum absolute atomic E-state index is 0.00184. The Morgan fingerprint density at radius 3 is 1.94 bits per heavy atom. The van der Waals surface area contributed by atoms with Crippen molar-refractivity contribution in [3.05, 3.63) is 83.4 Å². The summed E-state index contributed by atoms with van der Waals surface area (Å²) in [5.74, 6) is -0.426. The monoisotopic (exact) mass is 695 g/mol. The number of alkyl halides is 6. The Morgan fingerprint density at radius 1 is 0.898 bits per heavy atom. The molecule has 0 aromatic heterocycles. The number of fused-ring (bicyclic) bond motifs is 1. The standard InChI is InChI=1S/C33H35F6N5O5/c1-19-16-44(20(2)18-45)29(46)15-21-14-26(41-30(47)40-24-8-4-22(5-9-24)32(34,35)36)12-13-27(21)49-28(19)17-43(3)31(48)42-25-10-6-23(7-11-25)33(37,38)39/h4-14,19-20,28,45H,15-18H2,1-3H3,(H,42,48)(H2,40,41,47)/t19-,20+,28-/m1/s1. The Hall–Kier alpha value is -4.99. The number of hydrogen-bond donors (Lipinski definition) is 4. The van der Waals surface area contributed by atoms with E-state index in [0.29, 0.717) is 5.56 Å². The maximum absolute atomic E-state index is 13.5. The SMILES string of the molecule is C[C@@H]1CN([C@@H](C)CO)C(=O)Cc2cc(NC(=O)Nc3ccc(C(F)(F)F)cc3)ccc2O[C@@H]1CN(C)C(=O)Nc1ccc(C(F)(F)F)cc1. The lowest BCUT2D eigenvalue weighted by atomic mass is 10.0. The van der Waals surface area contributed by atoms with Crippen molar-refractivity contribution >= 4 is 35.0 Å². The summed E-state index contributed by atoms with van der Waals surface area (Å²) in [5.41, 5.74) is -0.844. The molecule has 1 aliphatic rings. The molecule has 5 amide bonds. The number of nitrogens with one attached hydrogen (secondary N) is 3. The normalized spacial score (nSPS) is 17.4. The van der Waals surface area contributed by atoms with Gasteiger partial charge in [-0.05, 0) is 73.7 Å². The van der Waals surface area contributed by atoms with E-state index in [1.165, 1.54) is 35.0 Å². The third-order valence-electron chi connectivity index (χ3n) is 7.91. The molecule has 1 heterocycles. The first-order valence-corrected chi connectivity index (χ1v) is 15.1. The van der Waals surface area contributed by atoms with Crippen molar-refractivity contribution in [2.45, 2.75) is 44.8 Å². The summed E-state index contributed by atoms with van der Waals surface area (Å²) in [5, 5.41) is 17.4. The zero-order valence-corrected chi connectivity index (χ0v) is 26.7. The molecule has 0 fully saturated rings. The first kappa shape index (κ1) is 36.8. The van der Waals surface area contributed by atoms with Gasteiger partial charge in [-0.1, -0.05) is 6.92 Å². The molecule has 0 radical (unpaired) electrons. The molecule has 0 unspecified atom stereocenters. The first-order chi connectivity index (χ1) is 22.9. The number of carbonyl (C=O) groups is 3. The summed E-state index contributed by atoms with van der Waals surface area (Å²) < 4.78 is 83.7. The number of anilines is 3. The first-order valence-electron chi connectivity index (χ1n) is 15.1. The van der Waals surface area contributed by atoms with E-state index in [-0.39, 0.29) is 60.8 Å². The van der Waals surface area contributed by atoms with E-state index in [1.54, 1.807) is 6.92 Å². The summed E-state index contributed by atoms with van der Waals surface area (Å²) in [6.45, 7) is 3.32.